The smallest absolute Gasteiger partial charge is 0.335 e. The molecule has 1 aromatic heterocycles. The molecule has 1 atom stereocenters. The van der Waals surface area contributed by atoms with Gasteiger partial charge in [-0.3, -0.25) is 4.55 Å². The van der Waals surface area contributed by atoms with Gasteiger partial charge in [0.1, 0.15) is 0 Å². The quantitative estimate of drug-likeness (QED) is 0.457. The summed E-state index contributed by atoms with van der Waals surface area (Å²) < 4.78 is 59.7. The molecule has 0 radical (unpaired) electrons. The van der Waals surface area contributed by atoms with Gasteiger partial charge in [-0.25, -0.2) is 4.98 Å². The highest BCUT2D eigenvalue weighted by atomic mass is 32.2. The topological polar surface area (TPSA) is 72.2 Å². The molecule has 0 aliphatic heterocycles. The SMILES string of the molecule is CCCCCCCC(C)n1ccnc1.O=S(=O)(O)C(F)(F)F. The molecule has 5 nitrogen and oxygen atoms in total. The number of aromatic nitrogens is 2. The molecule has 0 aliphatic rings. The summed E-state index contributed by atoms with van der Waals surface area (Å²) in [5.74, 6) is 0. The van der Waals surface area contributed by atoms with Crippen molar-refractivity contribution in [3.8, 4) is 0 Å². The van der Waals surface area contributed by atoms with Crippen LogP contribution in [0.5, 0.6) is 0 Å². The summed E-state index contributed by atoms with van der Waals surface area (Å²) >= 11 is 0. The minimum absolute atomic E-state index is 0.610. The molecule has 22 heavy (non-hydrogen) atoms. The van der Waals surface area contributed by atoms with Gasteiger partial charge in [0.05, 0.1) is 6.33 Å². The van der Waals surface area contributed by atoms with Crippen LogP contribution in [-0.2, 0) is 10.1 Å². The van der Waals surface area contributed by atoms with Crippen molar-refractivity contribution in [2.75, 3.05) is 0 Å². The Morgan fingerprint density at radius 2 is 1.77 bits per heavy atom. The number of hydrogen-bond acceptors (Lipinski definition) is 3. The van der Waals surface area contributed by atoms with Crippen LogP contribution in [0.2, 0.25) is 0 Å². The van der Waals surface area contributed by atoms with Gasteiger partial charge in [0.2, 0.25) is 0 Å². The number of halogens is 3. The first-order valence-electron chi connectivity index (χ1n) is 7.10. The maximum absolute atomic E-state index is 10.7. The van der Waals surface area contributed by atoms with Crippen LogP contribution in [0.4, 0.5) is 13.2 Å². The molecule has 0 aromatic carbocycles. The van der Waals surface area contributed by atoms with Crippen LogP contribution in [0.15, 0.2) is 18.7 Å². The van der Waals surface area contributed by atoms with Crippen LogP contribution >= 0.6 is 0 Å². The molecular weight excluding hydrogens is 321 g/mol. The molecule has 1 aromatic rings. The molecular formula is C13H23F3N2O3S. The van der Waals surface area contributed by atoms with E-state index in [9.17, 15) is 13.2 Å². The number of unbranched alkanes of at least 4 members (excludes halogenated alkanes) is 4. The predicted octanol–water partition coefficient (Wildman–Crippen LogP) is 4.20. The lowest BCUT2D eigenvalue weighted by Gasteiger charge is -2.12. The Balaban J connectivity index is 0.000000472. The van der Waals surface area contributed by atoms with E-state index in [0.29, 0.717) is 6.04 Å². The van der Waals surface area contributed by atoms with E-state index in [1.165, 1.54) is 38.5 Å². The number of hydrogen-bond donors (Lipinski definition) is 1. The molecule has 0 bridgehead atoms. The lowest BCUT2D eigenvalue weighted by Crippen LogP contribution is -2.21. The Morgan fingerprint density at radius 1 is 1.23 bits per heavy atom. The van der Waals surface area contributed by atoms with Gasteiger partial charge in [0.25, 0.3) is 0 Å². The number of imidazole rings is 1. The van der Waals surface area contributed by atoms with Gasteiger partial charge in [-0.15, -0.1) is 0 Å². The van der Waals surface area contributed by atoms with Crippen molar-refractivity contribution in [2.24, 2.45) is 0 Å². The fourth-order valence-corrected chi connectivity index (χ4v) is 1.72. The van der Waals surface area contributed by atoms with Crippen LogP contribution in [0.1, 0.15) is 58.4 Å². The highest BCUT2D eigenvalue weighted by Gasteiger charge is 2.44. The molecule has 1 rings (SSSR count). The zero-order valence-electron chi connectivity index (χ0n) is 12.8. The van der Waals surface area contributed by atoms with Gasteiger partial charge in [0, 0.05) is 18.4 Å². The Bertz CT molecular complexity index is 487. The Labute approximate surface area is 129 Å². The molecule has 0 amide bonds. The maximum Gasteiger partial charge on any atom is 0.522 e. The molecule has 0 spiro atoms. The molecule has 1 unspecified atom stereocenters. The third-order valence-corrected chi connectivity index (χ3v) is 3.64. The highest BCUT2D eigenvalue weighted by Crippen LogP contribution is 2.20. The monoisotopic (exact) mass is 344 g/mol. The van der Waals surface area contributed by atoms with Gasteiger partial charge >= 0.3 is 15.6 Å². The molecule has 1 heterocycles. The van der Waals surface area contributed by atoms with Crippen LogP contribution < -0.4 is 0 Å². The molecule has 130 valence electrons. The molecule has 0 saturated heterocycles. The first kappa shape index (κ1) is 20.9. The van der Waals surface area contributed by atoms with Crippen molar-refractivity contribution in [3.05, 3.63) is 18.7 Å². The summed E-state index contributed by atoms with van der Waals surface area (Å²) in [5, 5.41) is 0. The second-order valence-corrected chi connectivity index (χ2v) is 6.40. The first-order chi connectivity index (χ1) is 10.1. The Hall–Kier alpha value is -1.09. The second kappa shape index (κ2) is 9.83. The summed E-state index contributed by atoms with van der Waals surface area (Å²) in [6.07, 6.45) is 13.9. The molecule has 0 saturated carbocycles. The minimum atomic E-state index is -5.84. The lowest BCUT2D eigenvalue weighted by molar-refractivity contribution is -0.0510. The van der Waals surface area contributed by atoms with Crippen LogP contribution in [-0.4, -0.2) is 28.0 Å². The van der Waals surface area contributed by atoms with Crippen LogP contribution in [0, 0.1) is 0 Å². The average Bonchev–Trinajstić information content (AvgIpc) is 2.90. The summed E-state index contributed by atoms with van der Waals surface area (Å²) in [4.78, 5) is 4.06. The fraction of sp³-hybridized carbons (Fsp3) is 0.769. The normalized spacial score (nSPS) is 13.4. The zero-order chi connectivity index (χ0) is 17.2. The average molecular weight is 344 g/mol. The Morgan fingerprint density at radius 3 is 2.18 bits per heavy atom. The van der Waals surface area contributed by atoms with Gasteiger partial charge in [-0.2, -0.15) is 21.6 Å². The van der Waals surface area contributed by atoms with Gasteiger partial charge in [-0.05, 0) is 13.3 Å². The van der Waals surface area contributed by atoms with Crippen molar-refractivity contribution in [3.63, 3.8) is 0 Å². The van der Waals surface area contributed by atoms with E-state index in [4.69, 9.17) is 13.0 Å². The van der Waals surface area contributed by atoms with Crippen molar-refractivity contribution in [2.45, 2.75) is 63.9 Å². The minimum Gasteiger partial charge on any atom is -0.335 e. The number of nitrogens with zero attached hydrogens (tertiary/aromatic N) is 2. The zero-order valence-corrected chi connectivity index (χ0v) is 13.6. The fourth-order valence-electron chi connectivity index (χ4n) is 1.72. The maximum atomic E-state index is 10.7. The standard InChI is InChI=1S/C12H22N2.CHF3O3S/c1-3-4-5-6-7-8-12(2)14-10-9-13-11-14;2-1(3,4)8(5,6)7/h9-12H,3-8H2,1-2H3;(H,5,6,7). The largest absolute Gasteiger partial charge is 0.522 e. The molecule has 0 fully saturated rings. The second-order valence-electron chi connectivity index (χ2n) is 4.98. The first-order valence-corrected chi connectivity index (χ1v) is 8.54. The number of alkyl halides is 3. The summed E-state index contributed by atoms with van der Waals surface area (Å²) in [7, 11) is -5.84. The van der Waals surface area contributed by atoms with E-state index in [-0.39, 0.29) is 0 Å². The van der Waals surface area contributed by atoms with E-state index in [1.54, 1.807) is 0 Å². The van der Waals surface area contributed by atoms with E-state index in [0.717, 1.165) is 0 Å². The van der Waals surface area contributed by atoms with Crippen molar-refractivity contribution < 1.29 is 26.1 Å². The summed E-state index contributed by atoms with van der Waals surface area (Å²) in [6.45, 7) is 4.52. The predicted molar refractivity (Wildman–Crippen MR) is 77.9 cm³/mol. The van der Waals surface area contributed by atoms with Crippen molar-refractivity contribution >= 4 is 10.1 Å². The summed E-state index contributed by atoms with van der Waals surface area (Å²) in [5.41, 5.74) is -5.53. The third kappa shape index (κ3) is 9.04. The number of rotatable bonds is 7. The van der Waals surface area contributed by atoms with Crippen molar-refractivity contribution in [1.29, 1.82) is 0 Å². The van der Waals surface area contributed by atoms with E-state index >= 15 is 0 Å². The van der Waals surface area contributed by atoms with E-state index in [2.05, 4.69) is 29.6 Å². The molecule has 0 aliphatic carbocycles. The van der Waals surface area contributed by atoms with Crippen molar-refractivity contribution in [1.82, 2.24) is 9.55 Å². The molecule has 1 N–H and O–H groups in total. The Kier molecular flexibility index (Phi) is 9.34. The van der Waals surface area contributed by atoms with Gasteiger partial charge in [-0.1, -0.05) is 39.0 Å². The van der Waals surface area contributed by atoms with Gasteiger partial charge in [0.15, 0.2) is 0 Å². The third-order valence-electron chi connectivity index (χ3n) is 3.05. The molecule has 9 heteroatoms. The van der Waals surface area contributed by atoms with E-state index < -0.39 is 15.6 Å². The summed E-state index contributed by atoms with van der Waals surface area (Å²) in [6, 6.07) is 0.610. The van der Waals surface area contributed by atoms with Crippen LogP contribution in [0.3, 0.4) is 0 Å². The highest BCUT2D eigenvalue weighted by molar-refractivity contribution is 7.86. The lowest BCUT2D eigenvalue weighted by atomic mass is 10.1. The van der Waals surface area contributed by atoms with E-state index in [1.807, 2.05) is 12.5 Å². The van der Waals surface area contributed by atoms with Gasteiger partial charge < -0.3 is 4.57 Å². The van der Waals surface area contributed by atoms with Crippen LogP contribution in [0.25, 0.3) is 0 Å².